The van der Waals surface area contributed by atoms with Gasteiger partial charge in [-0.25, -0.2) is 4.98 Å². The maximum absolute atomic E-state index is 11.1. The average molecular weight is 305 g/mol. The minimum atomic E-state index is -0.361. The molecule has 3 aromatic rings. The van der Waals surface area contributed by atoms with Crippen LogP contribution in [-0.2, 0) is 4.79 Å². The van der Waals surface area contributed by atoms with Crippen molar-refractivity contribution in [2.75, 3.05) is 0 Å². The number of para-hydroxylation sites is 2. The normalized spacial score (nSPS) is 11.0. The number of benzene rings is 2. The first kappa shape index (κ1) is 14.8. The van der Waals surface area contributed by atoms with Crippen LogP contribution in [0.3, 0.4) is 0 Å². The molecule has 4 nitrogen and oxygen atoms in total. The van der Waals surface area contributed by atoms with Crippen LogP contribution in [0.15, 0.2) is 54.6 Å². The SMILES string of the molecule is CC(=O)Oc1ccccc1C=Cc1ccc2cccc(O)c2n1. The van der Waals surface area contributed by atoms with E-state index in [9.17, 15) is 9.90 Å². The van der Waals surface area contributed by atoms with Crippen LogP contribution in [0.2, 0.25) is 0 Å². The fraction of sp³-hybridized carbons (Fsp3) is 0.0526. The van der Waals surface area contributed by atoms with Crippen molar-refractivity contribution in [2.45, 2.75) is 6.92 Å². The summed E-state index contributed by atoms with van der Waals surface area (Å²) in [6.45, 7) is 1.37. The van der Waals surface area contributed by atoms with Gasteiger partial charge in [-0.3, -0.25) is 4.79 Å². The van der Waals surface area contributed by atoms with Crippen molar-refractivity contribution in [3.05, 3.63) is 65.9 Å². The largest absolute Gasteiger partial charge is 0.506 e. The molecule has 0 aliphatic heterocycles. The van der Waals surface area contributed by atoms with E-state index in [-0.39, 0.29) is 11.7 Å². The number of rotatable bonds is 3. The van der Waals surface area contributed by atoms with Gasteiger partial charge in [0.2, 0.25) is 0 Å². The topological polar surface area (TPSA) is 59.4 Å². The highest BCUT2D eigenvalue weighted by molar-refractivity contribution is 5.86. The van der Waals surface area contributed by atoms with Crippen molar-refractivity contribution in [1.82, 2.24) is 4.98 Å². The lowest BCUT2D eigenvalue weighted by Crippen LogP contribution is -2.02. The molecule has 1 aromatic heterocycles. The maximum Gasteiger partial charge on any atom is 0.308 e. The molecule has 23 heavy (non-hydrogen) atoms. The number of esters is 1. The predicted octanol–water partition coefficient (Wildman–Crippen LogP) is 4.04. The smallest absolute Gasteiger partial charge is 0.308 e. The number of hydrogen-bond donors (Lipinski definition) is 1. The van der Waals surface area contributed by atoms with E-state index < -0.39 is 0 Å². The average Bonchev–Trinajstić information content (AvgIpc) is 2.54. The number of carbonyl (C=O) groups excluding carboxylic acids is 1. The van der Waals surface area contributed by atoms with Gasteiger partial charge in [0.05, 0.1) is 5.69 Å². The summed E-state index contributed by atoms with van der Waals surface area (Å²) in [5.41, 5.74) is 2.04. The number of pyridine rings is 1. The van der Waals surface area contributed by atoms with Gasteiger partial charge in [-0.15, -0.1) is 0 Å². The Hall–Kier alpha value is -3.14. The highest BCUT2D eigenvalue weighted by Crippen LogP contribution is 2.24. The Balaban J connectivity index is 1.94. The Morgan fingerprint density at radius 2 is 1.87 bits per heavy atom. The van der Waals surface area contributed by atoms with Gasteiger partial charge in [-0.2, -0.15) is 0 Å². The van der Waals surface area contributed by atoms with Crippen molar-refractivity contribution < 1.29 is 14.6 Å². The first-order valence-corrected chi connectivity index (χ1v) is 7.18. The van der Waals surface area contributed by atoms with Gasteiger partial charge in [0.25, 0.3) is 0 Å². The molecule has 0 fully saturated rings. The molecule has 3 rings (SSSR count). The van der Waals surface area contributed by atoms with Crippen LogP contribution < -0.4 is 4.74 Å². The molecular weight excluding hydrogens is 290 g/mol. The number of aromatic nitrogens is 1. The zero-order valence-corrected chi connectivity index (χ0v) is 12.6. The van der Waals surface area contributed by atoms with E-state index in [2.05, 4.69) is 4.98 Å². The van der Waals surface area contributed by atoms with E-state index in [4.69, 9.17) is 4.74 Å². The molecule has 114 valence electrons. The van der Waals surface area contributed by atoms with E-state index >= 15 is 0 Å². The number of nitrogens with zero attached hydrogens (tertiary/aromatic N) is 1. The van der Waals surface area contributed by atoms with Crippen LogP contribution in [0.25, 0.3) is 23.1 Å². The van der Waals surface area contributed by atoms with Crippen LogP contribution >= 0.6 is 0 Å². The van der Waals surface area contributed by atoms with Crippen LogP contribution in [0.5, 0.6) is 11.5 Å². The third-order valence-electron chi connectivity index (χ3n) is 3.33. The summed E-state index contributed by atoms with van der Waals surface area (Å²) in [5.74, 6) is 0.289. The third kappa shape index (κ3) is 3.37. The summed E-state index contributed by atoms with van der Waals surface area (Å²) >= 11 is 0. The van der Waals surface area contributed by atoms with Crippen LogP contribution in [0, 0.1) is 0 Å². The monoisotopic (exact) mass is 305 g/mol. The van der Waals surface area contributed by atoms with Gasteiger partial charge in [0, 0.05) is 17.9 Å². The van der Waals surface area contributed by atoms with Crippen molar-refractivity contribution in [3.63, 3.8) is 0 Å². The minimum Gasteiger partial charge on any atom is -0.506 e. The summed E-state index contributed by atoms with van der Waals surface area (Å²) in [4.78, 5) is 15.6. The lowest BCUT2D eigenvalue weighted by Gasteiger charge is -2.05. The Labute approximate surface area is 133 Å². The summed E-state index contributed by atoms with van der Waals surface area (Å²) < 4.78 is 5.17. The molecule has 4 heteroatoms. The molecule has 0 saturated heterocycles. The number of aromatic hydroxyl groups is 1. The standard InChI is InChI=1S/C19H15NO3/c1-13(21)23-18-8-3-2-5-14(18)9-11-16-12-10-15-6-4-7-17(22)19(15)20-16/h2-12,22H,1H3. The van der Waals surface area contributed by atoms with Gasteiger partial charge in [-0.1, -0.05) is 36.4 Å². The van der Waals surface area contributed by atoms with Gasteiger partial charge in [0.15, 0.2) is 0 Å². The van der Waals surface area contributed by atoms with Crippen molar-refractivity contribution in [2.24, 2.45) is 0 Å². The lowest BCUT2D eigenvalue weighted by molar-refractivity contribution is -0.131. The lowest BCUT2D eigenvalue weighted by atomic mass is 10.1. The van der Waals surface area contributed by atoms with Gasteiger partial charge in [0.1, 0.15) is 17.0 Å². The van der Waals surface area contributed by atoms with Crippen molar-refractivity contribution >= 4 is 29.0 Å². The molecule has 1 heterocycles. The number of fused-ring (bicyclic) bond motifs is 1. The number of carbonyl (C=O) groups is 1. The fourth-order valence-corrected chi connectivity index (χ4v) is 2.28. The molecular formula is C19H15NO3. The van der Waals surface area contributed by atoms with Crippen LogP contribution in [0.1, 0.15) is 18.2 Å². The first-order valence-electron chi connectivity index (χ1n) is 7.18. The highest BCUT2D eigenvalue weighted by atomic mass is 16.5. The summed E-state index contributed by atoms with van der Waals surface area (Å²) in [5, 5.41) is 10.8. The highest BCUT2D eigenvalue weighted by Gasteiger charge is 2.04. The van der Waals surface area contributed by atoms with E-state index in [1.165, 1.54) is 6.92 Å². The van der Waals surface area contributed by atoms with Crippen LogP contribution in [0.4, 0.5) is 0 Å². The Morgan fingerprint density at radius 1 is 1.04 bits per heavy atom. The van der Waals surface area contributed by atoms with Gasteiger partial charge < -0.3 is 9.84 Å². The molecule has 1 N–H and O–H groups in total. The quantitative estimate of drug-likeness (QED) is 0.586. The Bertz CT molecular complexity index is 900. The molecule has 0 atom stereocenters. The second kappa shape index (κ2) is 6.32. The first-order chi connectivity index (χ1) is 11.1. The number of phenolic OH excluding ortho intramolecular Hbond substituents is 1. The Kier molecular flexibility index (Phi) is 4.06. The third-order valence-corrected chi connectivity index (χ3v) is 3.33. The van der Waals surface area contributed by atoms with E-state index in [1.54, 1.807) is 18.2 Å². The van der Waals surface area contributed by atoms with Crippen molar-refractivity contribution in [3.8, 4) is 11.5 Å². The van der Waals surface area contributed by atoms with Gasteiger partial charge >= 0.3 is 5.97 Å². The summed E-state index contributed by atoms with van der Waals surface area (Å²) in [6.07, 6.45) is 3.64. The molecule has 2 aromatic carbocycles. The van der Waals surface area contributed by atoms with E-state index in [0.29, 0.717) is 17.0 Å². The maximum atomic E-state index is 11.1. The molecule has 0 aliphatic carbocycles. The molecule has 0 amide bonds. The molecule has 0 radical (unpaired) electrons. The zero-order chi connectivity index (χ0) is 16.2. The zero-order valence-electron chi connectivity index (χ0n) is 12.6. The molecule has 0 saturated carbocycles. The van der Waals surface area contributed by atoms with E-state index in [0.717, 1.165) is 10.9 Å². The minimum absolute atomic E-state index is 0.151. The summed E-state index contributed by atoms with van der Waals surface area (Å²) in [7, 11) is 0. The summed E-state index contributed by atoms with van der Waals surface area (Å²) in [6, 6.07) is 16.3. The van der Waals surface area contributed by atoms with E-state index in [1.807, 2.05) is 48.6 Å². The number of hydrogen-bond acceptors (Lipinski definition) is 4. The number of ether oxygens (including phenoxy) is 1. The predicted molar refractivity (Wildman–Crippen MR) is 90.1 cm³/mol. The molecule has 0 bridgehead atoms. The molecule has 0 aliphatic rings. The molecule has 0 spiro atoms. The second-order valence-electron chi connectivity index (χ2n) is 5.05. The molecule has 0 unspecified atom stereocenters. The van der Waals surface area contributed by atoms with Crippen LogP contribution in [-0.4, -0.2) is 16.1 Å². The van der Waals surface area contributed by atoms with Crippen molar-refractivity contribution in [1.29, 1.82) is 0 Å². The second-order valence-corrected chi connectivity index (χ2v) is 5.05. The van der Waals surface area contributed by atoms with Gasteiger partial charge in [-0.05, 0) is 30.4 Å². The fourth-order valence-electron chi connectivity index (χ4n) is 2.28. The number of phenols is 1. The Morgan fingerprint density at radius 3 is 2.70 bits per heavy atom.